The van der Waals surface area contributed by atoms with Gasteiger partial charge in [0.1, 0.15) is 0 Å². The molecule has 0 spiro atoms. The normalized spacial score (nSPS) is 20.3. The predicted octanol–water partition coefficient (Wildman–Crippen LogP) is 8.60. The van der Waals surface area contributed by atoms with Crippen LogP contribution in [0.1, 0.15) is 110 Å². The number of rotatable bonds is 1. The van der Waals surface area contributed by atoms with Crippen molar-refractivity contribution in [3.63, 3.8) is 0 Å². The minimum atomic E-state index is -0.212. The lowest BCUT2D eigenvalue weighted by molar-refractivity contribution is 0.397. The van der Waals surface area contributed by atoms with Crippen molar-refractivity contribution >= 4 is 16.3 Å². The van der Waals surface area contributed by atoms with Crippen molar-refractivity contribution < 1.29 is 0 Å². The van der Waals surface area contributed by atoms with Crippen LogP contribution >= 0.6 is 0 Å². The van der Waals surface area contributed by atoms with E-state index in [1.54, 1.807) is 0 Å². The molecule has 180 valence electrons. The topological polar surface area (TPSA) is 21.5 Å². The molecule has 2 nitrogen and oxygen atoms in total. The Labute approximate surface area is 201 Å². The van der Waals surface area contributed by atoms with Gasteiger partial charge in [-0.1, -0.05) is 87.4 Å². The Kier molecular flexibility index (Phi) is 7.44. The summed E-state index contributed by atoms with van der Waals surface area (Å²) >= 11 is 0. The zero-order valence-electron chi connectivity index (χ0n) is 23.0. The second-order valence-corrected chi connectivity index (χ2v) is 10.3. The standard InChI is InChI=1S/C25H29NO.2C2H6.C2H4/c1-8-25(7)16-11-9-10-15-14(2)12-26-20(17(15)16)18(25)21(27)19-22(26)24(5,6)13-23(19,3)4;3*1-2/h9-12H,8,13H2,1-7H3;2*1-2H3;1-2H2. The summed E-state index contributed by atoms with van der Waals surface area (Å²) in [5.41, 5.74) is 7.07. The van der Waals surface area contributed by atoms with Crippen molar-refractivity contribution in [2.45, 2.75) is 105 Å². The number of pyridine rings is 2. The number of hydrogen-bond donors (Lipinski definition) is 0. The van der Waals surface area contributed by atoms with E-state index in [0.717, 1.165) is 24.0 Å². The van der Waals surface area contributed by atoms with Crippen LogP contribution in [0.15, 0.2) is 42.3 Å². The van der Waals surface area contributed by atoms with Crippen LogP contribution < -0.4 is 5.43 Å². The number of hydrogen-bond acceptors (Lipinski definition) is 1. The Balaban J connectivity index is 0.000000597. The zero-order valence-corrected chi connectivity index (χ0v) is 23.0. The third-order valence-electron chi connectivity index (χ3n) is 7.51. The van der Waals surface area contributed by atoms with Crippen molar-refractivity contribution in [2.75, 3.05) is 0 Å². The lowest BCUT2D eigenvalue weighted by atomic mass is 9.75. The van der Waals surface area contributed by atoms with Crippen LogP contribution in [0.2, 0.25) is 0 Å². The summed E-state index contributed by atoms with van der Waals surface area (Å²) < 4.78 is 2.41. The van der Waals surface area contributed by atoms with Crippen LogP contribution in [0.3, 0.4) is 0 Å². The molecule has 2 aliphatic carbocycles. The summed E-state index contributed by atoms with van der Waals surface area (Å²) in [5, 5.41) is 2.59. The van der Waals surface area contributed by atoms with Gasteiger partial charge in [0.2, 0.25) is 0 Å². The molecule has 0 fully saturated rings. The Morgan fingerprint density at radius 3 is 2.06 bits per heavy atom. The summed E-state index contributed by atoms with van der Waals surface area (Å²) in [7, 11) is 0. The summed E-state index contributed by atoms with van der Waals surface area (Å²) in [6.07, 6.45) is 4.23. The quantitative estimate of drug-likeness (QED) is 0.270. The van der Waals surface area contributed by atoms with Crippen LogP contribution in [0.4, 0.5) is 0 Å². The van der Waals surface area contributed by atoms with Crippen LogP contribution in [0.5, 0.6) is 0 Å². The maximum atomic E-state index is 14.0. The van der Waals surface area contributed by atoms with Gasteiger partial charge in [0.15, 0.2) is 5.43 Å². The maximum absolute atomic E-state index is 14.0. The first-order valence-electron chi connectivity index (χ1n) is 12.7. The largest absolute Gasteiger partial charge is 0.319 e. The molecule has 2 aromatic heterocycles. The molecular weight excluding hydrogens is 402 g/mol. The molecule has 1 unspecified atom stereocenters. The van der Waals surface area contributed by atoms with Crippen molar-refractivity contribution in [2.24, 2.45) is 0 Å². The Bertz CT molecular complexity index is 1240. The maximum Gasteiger partial charge on any atom is 0.190 e. The van der Waals surface area contributed by atoms with Gasteiger partial charge in [0, 0.05) is 39.2 Å². The molecule has 0 amide bonds. The second kappa shape index (κ2) is 9.12. The minimum Gasteiger partial charge on any atom is -0.319 e. The number of nitrogens with zero attached hydrogens (tertiary/aromatic N) is 1. The van der Waals surface area contributed by atoms with Gasteiger partial charge in [-0.3, -0.25) is 4.79 Å². The van der Waals surface area contributed by atoms with Crippen LogP contribution in [-0.2, 0) is 16.2 Å². The van der Waals surface area contributed by atoms with Gasteiger partial charge in [-0.25, -0.2) is 0 Å². The molecule has 33 heavy (non-hydrogen) atoms. The first-order chi connectivity index (χ1) is 15.5. The lowest BCUT2D eigenvalue weighted by Gasteiger charge is -2.27. The number of fused-ring (bicyclic) bond motifs is 2. The molecule has 1 atom stereocenters. The molecule has 3 aromatic rings. The monoisotopic (exact) mass is 447 g/mol. The highest BCUT2D eigenvalue weighted by Gasteiger charge is 2.49. The fourth-order valence-electron chi connectivity index (χ4n) is 6.51. The van der Waals surface area contributed by atoms with Gasteiger partial charge in [-0.15, -0.1) is 13.2 Å². The highest BCUT2D eigenvalue weighted by Crippen LogP contribution is 2.53. The summed E-state index contributed by atoms with van der Waals surface area (Å²) in [6.45, 7) is 29.8. The minimum absolute atomic E-state index is 0.0124. The van der Waals surface area contributed by atoms with Gasteiger partial charge in [-0.2, -0.15) is 0 Å². The van der Waals surface area contributed by atoms with Crippen molar-refractivity contribution in [1.82, 2.24) is 4.40 Å². The van der Waals surface area contributed by atoms with Gasteiger partial charge < -0.3 is 4.40 Å². The molecule has 0 saturated heterocycles. The zero-order chi connectivity index (χ0) is 25.5. The summed E-state index contributed by atoms with van der Waals surface area (Å²) in [6, 6.07) is 6.62. The van der Waals surface area contributed by atoms with Gasteiger partial charge in [-0.05, 0) is 41.7 Å². The van der Waals surface area contributed by atoms with E-state index in [4.69, 9.17) is 0 Å². The molecule has 1 aromatic carbocycles. The SMILES string of the molecule is C=C.CC.CC.CCC1(C)c2cccc3c(C)cn4c5c(c(=O)c1c4c23)C(C)(C)CC5(C)C. The fraction of sp³-hybridized carbons (Fsp3) is 0.516. The summed E-state index contributed by atoms with van der Waals surface area (Å²) in [4.78, 5) is 14.0. The lowest BCUT2D eigenvalue weighted by Crippen LogP contribution is -2.33. The molecular formula is C31H45NO. The molecule has 0 N–H and O–H groups in total. The molecule has 2 aliphatic rings. The first-order valence-corrected chi connectivity index (χ1v) is 12.7. The van der Waals surface area contributed by atoms with E-state index < -0.39 is 0 Å². The van der Waals surface area contributed by atoms with Crippen LogP contribution in [0, 0.1) is 6.92 Å². The fourth-order valence-corrected chi connectivity index (χ4v) is 6.51. The van der Waals surface area contributed by atoms with E-state index in [0.29, 0.717) is 5.43 Å². The highest BCUT2D eigenvalue weighted by atomic mass is 16.1. The van der Waals surface area contributed by atoms with E-state index in [9.17, 15) is 4.79 Å². The first kappa shape index (κ1) is 26.9. The highest BCUT2D eigenvalue weighted by molar-refractivity contribution is 6.06. The molecule has 0 bridgehead atoms. The van der Waals surface area contributed by atoms with E-state index in [1.807, 2.05) is 27.7 Å². The number of benzene rings is 1. The second-order valence-electron chi connectivity index (χ2n) is 10.3. The molecule has 0 radical (unpaired) electrons. The molecule has 2 heteroatoms. The molecule has 0 aliphatic heterocycles. The predicted molar refractivity (Wildman–Crippen MR) is 147 cm³/mol. The van der Waals surface area contributed by atoms with Crippen molar-refractivity contribution in [3.05, 3.63) is 75.7 Å². The van der Waals surface area contributed by atoms with Crippen molar-refractivity contribution in [3.8, 4) is 0 Å². The molecule has 0 saturated carbocycles. The van der Waals surface area contributed by atoms with Gasteiger partial charge in [0.25, 0.3) is 0 Å². The van der Waals surface area contributed by atoms with E-state index in [-0.39, 0.29) is 16.2 Å². The number of aromatic nitrogens is 1. The third-order valence-corrected chi connectivity index (χ3v) is 7.51. The van der Waals surface area contributed by atoms with E-state index in [2.05, 4.69) is 90.4 Å². The smallest absolute Gasteiger partial charge is 0.190 e. The Hall–Kier alpha value is -2.35. The Morgan fingerprint density at radius 2 is 1.52 bits per heavy atom. The number of aryl methyl sites for hydroxylation is 1. The summed E-state index contributed by atoms with van der Waals surface area (Å²) in [5.74, 6) is 0. The van der Waals surface area contributed by atoms with Crippen molar-refractivity contribution in [1.29, 1.82) is 0 Å². The van der Waals surface area contributed by atoms with Crippen LogP contribution in [0.25, 0.3) is 16.3 Å². The van der Waals surface area contributed by atoms with Crippen LogP contribution in [-0.4, -0.2) is 4.40 Å². The third kappa shape index (κ3) is 3.49. The van der Waals surface area contributed by atoms with Gasteiger partial charge >= 0.3 is 0 Å². The average Bonchev–Trinajstić information content (AvgIpc) is 3.19. The Morgan fingerprint density at radius 1 is 0.939 bits per heavy atom. The van der Waals surface area contributed by atoms with Gasteiger partial charge in [0.05, 0.1) is 5.52 Å². The average molecular weight is 448 g/mol. The molecule has 5 rings (SSSR count). The van der Waals surface area contributed by atoms with E-state index >= 15 is 0 Å². The molecule has 2 heterocycles. The van der Waals surface area contributed by atoms with E-state index in [1.165, 1.54) is 33.1 Å².